The Morgan fingerprint density at radius 3 is 1.80 bits per heavy atom. The normalized spacial score (nSPS) is 10.6. The van der Waals surface area contributed by atoms with Crippen molar-refractivity contribution in [3.63, 3.8) is 0 Å². The Labute approximate surface area is 152 Å². The van der Waals surface area contributed by atoms with Gasteiger partial charge in [0.2, 0.25) is 0 Å². The number of unbranched alkanes of at least 4 members (excludes halogenated alkanes) is 4. The fourth-order valence-electron chi connectivity index (χ4n) is 3.01. The predicted octanol–water partition coefficient (Wildman–Crippen LogP) is 5.97. The summed E-state index contributed by atoms with van der Waals surface area (Å²) in [5.41, 5.74) is 5.05. The van der Waals surface area contributed by atoms with Crippen LogP contribution >= 0.6 is 0 Å². The van der Waals surface area contributed by atoms with Gasteiger partial charge in [0.05, 0.1) is 7.11 Å². The van der Waals surface area contributed by atoms with E-state index in [-0.39, 0.29) is 5.97 Å². The molecule has 0 fully saturated rings. The summed E-state index contributed by atoms with van der Waals surface area (Å²) >= 11 is 0. The van der Waals surface area contributed by atoms with Gasteiger partial charge in [0, 0.05) is 6.42 Å². The quantitative estimate of drug-likeness (QED) is 0.394. The number of methoxy groups -OCH3 is 1. The van der Waals surface area contributed by atoms with Gasteiger partial charge < -0.3 is 4.74 Å². The van der Waals surface area contributed by atoms with E-state index in [1.807, 2.05) is 0 Å². The molecule has 0 aliphatic carbocycles. The highest BCUT2D eigenvalue weighted by Gasteiger charge is 2.03. The highest BCUT2D eigenvalue weighted by molar-refractivity contribution is 5.69. The number of carbonyl (C=O) groups is 1. The summed E-state index contributed by atoms with van der Waals surface area (Å²) in [6.07, 6.45) is 8.97. The average Bonchev–Trinajstić information content (AvgIpc) is 2.67. The molecule has 0 aliphatic rings. The van der Waals surface area contributed by atoms with Crippen LogP contribution in [0.25, 0.3) is 11.1 Å². The number of aryl methyl sites for hydroxylation is 2. The molecule has 2 aromatic rings. The monoisotopic (exact) mass is 338 g/mol. The van der Waals surface area contributed by atoms with Crippen LogP contribution in [-0.4, -0.2) is 13.1 Å². The van der Waals surface area contributed by atoms with Crippen LogP contribution in [-0.2, 0) is 22.4 Å². The van der Waals surface area contributed by atoms with Crippen molar-refractivity contribution in [1.29, 1.82) is 0 Å². The van der Waals surface area contributed by atoms with Gasteiger partial charge in [0.1, 0.15) is 0 Å². The Kier molecular flexibility index (Phi) is 8.24. The van der Waals surface area contributed by atoms with Crippen LogP contribution in [0.2, 0.25) is 0 Å². The van der Waals surface area contributed by atoms with E-state index in [4.69, 9.17) is 0 Å². The summed E-state index contributed by atoms with van der Waals surface area (Å²) in [6.45, 7) is 2.25. The van der Waals surface area contributed by atoms with Crippen LogP contribution < -0.4 is 0 Å². The summed E-state index contributed by atoms with van der Waals surface area (Å²) < 4.78 is 4.68. The topological polar surface area (TPSA) is 26.3 Å². The first-order valence-electron chi connectivity index (χ1n) is 9.48. The molecule has 0 aromatic heterocycles. The van der Waals surface area contributed by atoms with Crippen molar-refractivity contribution in [1.82, 2.24) is 0 Å². The van der Waals surface area contributed by atoms with Crippen molar-refractivity contribution < 1.29 is 9.53 Å². The van der Waals surface area contributed by atoms with Crippen molar-refractivity contribution in [2.45, 2.75) is 58.3 Å². The summed E-state index contributed by atoms with van der Waals surface area (Å²) in [7, 11) is 1.43. The number of esters is 1. The number of ether oxygens (including phenoxy) is 1. The largest absolute Gasteiger partial charge is 0.469 e. The van der Waals surface area contributed by atoms with Gasteiger partial charge in [0.25, 0.3) is 0 Å². The molecule has 2 nitrogen and oxygen atoms in total. The van der Waals surface area contributed by atoms with Crippen molar-refractivity contribution >= 4 is 5.97 Å². The Balaban J connectivity index is 1.85. The Morgan fingerprint density at radius 2 is 1.28 bits per heavy atom. The molecule has 2 rings (SSSR count). The van der Waals surface area contributed by atoms with E-state index in [1.54, 1.807) is 0 Å². The molecule has 2 aromatic carbocycles. The zero-order valence-corrected chi connectivity index (χ0v) is 15.6. The van der Waals surface area contributed by atoms with Gasteiger partial charge in [-0.3, -0.25) is 4.79 Å². The van der Waals surface area contributed by atoms with Crippen LogP contribution in [0.5, 0.6) is 0 Å². The first kappa shape index (κ1) is 19.2. The van der Waals surface area contributed by atoms with Crippen LogP contribution in [0.15, 0.2) is 48.5 Å². The molecule has 0 N–H and O–H groups in total. The molecular weight excluding hydrogens is 308 g/mol. The molecule has 0 saturated heterocycles. The highest BCUT2D eigenvalue weighted by Crippen LogP contribution is 2.21. The van der Waals surface area contributed by atoms with Crippen LogP contribution in [0.4, 0.5) is 0 Å². The second-order valence-electron chi connectivity index (χ2n) is 6.63. The van der Waals surface area contributed by atoms with Gasteiger partial charge in [-0.15, -0.1) is 0 Å². The van der Waals surface area contributed by atoms with Gasteiger partial charge in [-0.2, -0.15) is 0 Å². The van der Waals surface area contributed by atoms with Gasteiger partial charge in [-0.25, -0.2) is 0 Å². The van der Waals surface area contributed by atoms with Gasteiger partial charge >= 0.3 is 5.97 Å². The number of benzene rings is 2. The standard InChI is InChI=1S/C23H30O2/c1-3-4-5-6-7-8-19-9-14-21(15-10-19)22-16-11-20(12-17-22)13-18-23(24)25-2/h9-12,14-17H,3-8,13,18H2,1-2H3. The molecular formula is C23H30O2. The van der Waals surface area contributed by atoms with E-state index in [2.05, 4.69) is 60.2 Å². The predicted molar refractivity (Wildman–Crippen MR) is 105 cm³/mol. The van der Waals surface area contributed by atoms with E-state index in [9.17, 15) is 4.79 Å². The molecule has 25 heavy (non-hydrogen) atoms. The lowest BCUT2D eigenvalue weighted by atomic mass is 9.99. The minimum Gasteiger partial charge on any atom is -0.469 e. The maximum Gasteiger partial charge on any atom is 0.305 e. The Bertz CT molecular complexity index is 626. The third kappa shape index (κ3) is 6.74. The van der Waals surface area contributed by atoms with Gasteiger partial charge in [-0.1, -0.05) is 81.1 Å². The zero-order chi connectivity index (χ0) is 17.9. The van der Waals surface area contributed by atoms with Crippen molar-refractivity contribution in [2.75, 3.05) is 7.11 Å². The molecule has 2 heteroatoms. The molecule has 0 saturated carbocycles. The number of carbonyl (C=O) groups excluding carboxylic acids is 1. The number of hydrogen-bond acceptors (Lipinski definition) is 2. The molecule has 0 heterocycles. The lowest BCUT2D eigenvalue weighted by Crippen LogP contribution is -2.01. The maximum atomic E-state index is 11.2. The van der Waals surface area contributed by atoms with E-state index in [1.165, 1.54) is 62.3 Å². The van der Waals surface area contributed by atoms with Crippen LogP contribution in [0, 0.1) is 0 Å². The molecule has 0 amide bonds. The summed E-state index contributed by atoms with van der Waals surface area (Å²) in [5, 5.41) is 0. The van der Waals surface area contributed by atoms with Gasteiger partial charge in [-0.05, 0) is 41.5 Å². The molecule has 134 valence electrons. The average molecular weight is 338 g/mol. The van der Waals surface area contributed by atoms with Crippen LogP contribution in [0.1, 0.15) is 56.6 Å². The van der Waals surface area contributed by atoms with Gasteiger partial charge in [0.15, 0.2) is 0 Å². The maximum absolute atomic E-state index is 11.2. The minimum atomic E-state index is -0.158. The molecule has 0 atom stereocenters. The SMILES string of the molecule is CCCCCCCc1ccc(-c2ccc(CCC(=O)OC)cc2)cc1. The second-order valence-corrected chi connectivity index (χ2v) is 6.63. The van der Waals surface area contributed by atoms with E-state index in [0.717, 1.165) is 12.0 Å². The lowest BCUT2D eigenvalue weighted by molar-refractivity contribution is -0.140. The number of rotatable bonds is 10. The minimum absolute atomic E-state index is 0.158. The zero-order valence-electron chi connectivity index (χ0n) is 15.6. The third-order valence-corrected chi connectivity index (χ3v) is 4.66. The second kappa shape index (κ2) is 10.7. The Morgan fingerprint density at radius 1 is 0.760 bits per heavy atom. The smallest absolute Gasteiger partial charge is 0.305 e. The molecule has 0 bridgehead atoms. The fraction of sp³-hybridized carbons (Fsp3) is 0.435. The first-order chi connectivity index (χ1) is 12.2. The summed E-state index contributed by atoms with van der Waals surface area (Å²) in [4.78, 5) is 11.2. The molecule has 0 spiro atoms. The van der Waals surface area contributed by atoms with Crippen molar-refractivity contribution in [2.24, 2.45) is 0 Å². The molecule has 0 aliphatic heterocycles. The third-order valence-electron chi connectivity index (χ3n) is 4.66. The van der Waals surface area contributed by atoms with E-state index >= 15 is 0 Å². The Hall–Kier alpha value is -2.09. The highest BCUT2D eigenvalue weighted by atomic mass is 16.5. The van der Waals surface area contributed by atoms with Crippen molar-refractivity contribution in [3.05, 3.63) is 59.7 Å². The molecule has 0 unspecified atom stereocenters. The van der Waals surface area contributed by atoms with Crippen LogP contribution in [0.3, 0.4) is 0 Å². The van der Waals surface area contributed by atoms with Crippen molar-refractivity contribution in [3.8, 4) is 11.1 Å². The summed E-state index contributed by atoms with van der Waals surface area (Å²) in [6, 6.07) is 17.4. The fourth-order valence-corrected chi connectivity index (χ4v) is 3.01. The van der Waals surface area contributed by atoms with E-state index in [0.29, 0.717) is 6.42 Å². The first-order valence-corrected chi connectivity index (χ1v) is 9.48. The molecule has 0 radical (unpaired) electrons. The summed E-state index contributed by atoms with van der Waals surface area (Å²) in [5.74, 6) is -0.158. The van der Waals surface area contributed by atoms with E-state index < -0.39 is 0 Å². The lowest BCUT2D eigenvalue weighted by Gasteiger charge is -2.06. The number of hydrogen-bond donors (Lipinski definition) is 0.